The number of hydrogen-bond acceptors (Lipinski definition) is 4. The van der Waals surface area contributed by atoms with Crippen molar-refractivity contribution in [2.24, 2.45) is 0 Å². The van der Waals surface area contributed by atoms with E-state index in [9.17, 15) is 9.90 Å². The third kappa shape index (κ3) is 4.66. The Morgan fingerprint density at radius 2 is 2.10 bits per heavy atom. The lowest BCUT2D eigenvalue weighted by Crippen LogP contribution is -2.50. The van der Waals surface area contributed by atoms with Crippen molar-refractivity contribution in [2.75, 3.05) is 20.2 Å². The molecule has 2 N–H and O–H groups in total. The number of aliphatic carboxylic acids is 1. The Bertz CT molecular complexity index is 359. The molecule has 5 nitrogen and oxygen atoms in total. The van der Waals surface area contributed by atoms with Gasteiger partial charge in [0.2, 0.25) is 0 Å². The monoisotopic (exact) mass is 298 g/mol. The zero-order valence-corrected chi connectivity index (χ0v) is 13.6. The standard InChI is InChI=1S/C16H30N2O3/c1-12-14(8-11-21-12)18(3)10-5-4-9-16(2,15(19)20)17-13-6-7-13/h12-14,17H,4-11H2,1-3H3,(H,19,20). The number of ether oxygens (including phenoxy) is 1. The van der Waals surface area contributed by atoms with Crippen LogP contribution in [0.15, 0.2) is 0 Å². The SMILES string of the molecule is CC1OCCC1N(C)CCCCC(C)(NC1CC1)C(=O)O. The Morgan fingerprint density at radius 1 is 1.38 bits per heavy atom. The van der Waals surface area contributed by atoms with Crippen molar-refractivity contribution >= 4 is 5.97 Å². The predicted molar refractivity (Wildman–Crippen MR) is 82.5 cm³/mol. The van der Waals surface area contributed by atoms with E-state index in [-0.39, 0.29) is 0 Å². The van der Waals surface area contributed by atoms with E-state index in [1.165, 1.54) is 0 Å². The molecule has 0 amide bonds. The van der Waals surface area contributed by atoms with Gasteiger partial charge in [-0.05, 0) is 66.0 Å². The smallest absolute Gasteiger partial charge is 0.323 e. The van der Waals surface area contributed by atoms with Gasteiger partial charge in [0.05, 0.1) is 6.10 Å². The first-order valence-electron chi connectivity index (χ1n) is 8.25. The molecule has 1 aliphatic carbocycles. The topological polar surface area (TPSA) is 61.8 Å². The lowest BCUT2D eigenvalue weighted by Gasteiger charge is -2.28. The van der Waals surface area contributed by atoms with Crippen LogP contribution in [-0.2, 0) is 9.53 Å². The summed E-state index contributed by atoms with van der Waals surface area (Å²) in [6.45, 7) is 5.83. The number of nitrogens with one attached hydrogen (secondary N) is 1. The van der Waals surface area contributed by atoms with Gasteiger partial charge in [-0.25, -0.2) is 0 Å². The van der Waals surface area contributed by atoms with Gasteiger partial charge in [0.15, 0.2) is 0 Å². The van der Waals surface area contributed by atoms with Gasteiger partial charge < -0.3 is 14.7 Å². The van der Waals surface area contributed by atoms with Gasteiger partial charge >= 0.3 is 5.97 Å². The third-order valence-corrected chi connectivity index (χ3v) is 4.91. The molecule has 1 saturated carbocycles. The van der Waals surface area contributed by atoms with Gasteiger partial charge in [0.25, 0.3) is 0 Å². The van der Waals surface area contributed by atoms with Gasteiger partial charge in [-0.2, -0.15) is 0 Å². The Hall–Kier alpha value is -0.650. The van der Waals surface area contributed by atoms with Gasteiger partial charge in [0.1, 0.15) is 5.54 Å². The average Bonchev–Trinajstić information content (AvgIpc) is 3.12. The molecule has 0 aromatic carbocycles. The second-order valence-electron chi connectivity index (χ2n) is 6.93. The summed E-state index contributed by atoms with van der Waals surface area (Å²) in [6, 6.07) is 0.936. The van der Waals surface area contributed by atoms with Gasteiger partial charge in [-0.3, -0.25) is 10.1 Å². The Labute approximate surface area is 128 Å². The van der Waals surface area contributed by atoms with Crippen LogP contribution in [0.1, 0.15) is 52.4 Å². The number of hydrogen-bond donors (Lipinski definition) is 2. The Morgan fingerprint density at radius 3 is 2.62 bits per heavy atom. The van der Waals surface area contributed by atoms with Crippen LogP contribution >= 0.6 is 0 Å². The maximum absolute atomic E-state index is 11.5. The van der Waals surface area contributed by atoms with Crippen LogP contribution in [0, 0.1) is 0 Å². The maximum Gasteiger partial charge on any atom is 0.323 e. The molecule has 0 bridgehead atoms. The van der Waals surface area contributed by atoms with E-state index in [0.29, 0.717) is 24.6 Å². The molecule has 1 aliphatic heterocycles. The van der Waals surface area contributed by atoms with E-state index in [1.54, 1.807) is 0 Å². The summed E-state index contributed by atoms with van der Waals surface area (Å²) >= 11 is 0. The first kappa shape index (κ1) is 16.7. The molecule has 2 aliphatic rings. The first-order chi connectivity index (χ1) is 9.92. The molecule has 0 radical (unpaired) electrons. The first-order valence-corrected chi connectivity index (χ1v) is 8.25. The average molecular weight is 298 g/mol. The van der Waals surface area contributed by atoms with Gasteiger partial charge in [-0.15, -0.1) is 0 Å². The molecule has 1 heterocycles. The lowest BCUT2D eigenvalue weighted by molar-refractivity contribution is -0.144. The molecule has 3 unspecified atom stereocenters. The molecule has 21 heavy (non-hydrogen) atoms. The van der Waals surface area contributed by atoms with E-state index < -0.39 is 11.5 Å². The summed E-state index contributed by atoms with van der Waals surface area (Å²) in [6.07, 6.45) is 6.33. The fraction of sp³-hybridized carbons (Fsp3) is 0.938. The minimum absolute atomic E-state index is 0.316. The minimum atomic E-state index is -0.760. The van der Waals surface area contributed by atoms with Crippen LogP contribution in [-0.4, -0.2) is 59.9 Å². The molecule has 122 valence electrons. The maximum atomic E-state index is 11.5. The number of carbonyl (C=O) groups is 1. The zero-order valence-electron chi connectivity index (χ0n) is 13.6. The van der Waals surface area contributed by atoms with Crippen LogP contribution in [0.4, 0.5) is 0 Å². The third-order valence-electron chi connectivity index (χ3n) is 4.91. The number of carboxylic acids is 1. The van der Waals surface area contributed by atoms with E-state index in [4.69, 9.17) is 4.74 Å². The highest BCUT2D eigenvalue weighted by atomic mass is 16.5. The summed E-state index contributed by atoms with van der Waals surface area (Å²) in [5.41, 5.74) is -0.760. The quantitative estimate of drug-likeness (QED) is 0.636. The summed E-state index contributed by atoms with van der Waals surface area (Å²) < 4.78 is 5.60. The van der Waals surface area contributed by atoms with Crippen molar-refractivity contribution in [3.63, 3.8) is 0 Å². The van der Waals surface area contributed by atoms with Crippen molar-refractivity contribution in [3.8, 4) is 0 Å². The van der Waals surface area contributed by atoms with E-state index in [2.05, 4.69) is 24.2 Å². The van der Waals surface area contributed by atoms with Crippen molar-refractivity contribution in [2.45, 2.75) is 76.1 Å². The summed E-state index contributed by atoms with van der Waals surface area (Å²) in [4.78, 5) is 13.8. The number of rotatable bonds is 9. The summed E-state index contributed by atoms with van der Waals surface area (Å²) in [5, 5.41) is 12.7. The van der Waals surface area contributed by atoms with Gasteiger partial charge in [0, 0.05) is 18.7 Å². The van der Waals surface area contributed by atoms with E-state index >= 15 is 0 Å². The number of unbranched alkanes of at least 4 members (excludes halogenated alkanes) is 1. The Kier molecular flexibility index (Phi) is 5.63. The van der Waals surface area contributed by atoms with Crippen LogP contribution in [0.2, 0.25) is 0 Å². The van der Waals surface area contributed by atoms with Crippen molar-refractivity contribution in [1.29, 1.82) is 0 Å². The highest BCUT2D eigenvalue weighted by Gasteiger charge is 2.37. The van der Waals surface area contributed by atoms with Crippen molar-refractivity contribution in [3.05, 3.63) is 0 Å². The van der Waals surface area contributed by atoms with Crippen LogP contribution < -0.4 is 5.32 Å². The number of carboxylic acid groups (broad SMARTS) is 1. The van der Waals surface area contributed by atoms with Crippen LogP contribution in [0.3, 0.4) is 0 Å². The molecule has 3 atom stereocenters. The predicted octanol–water partition coefficient (Wildman–Crippen LogP) is 1.86. The second-order valence-corrected chi connectivity index (χ2v) is 6.93. The summed E-state index contributed by atoms with van der Waals surface area (Å²) in [5.74, 6) is -0.722. The van der Waals surface area contributed by atoms with Crippen LogP contribution in [0.25, 0.3) is 0 Å². The minimum Gasteiger partial charge on any atom is -0.480 e. The molecule has 2 fully saturated rings. The summed E-state index contributed by atoms with van der Waals surface area (Å²) in [7, 11) is 2.15. The molecule has 5 heteroatoms. The van der Waals surface area contributed by atoms with Crippen molar-refractivity contribution in [1.82, 2.24) is 10.2 Å². The highest BCUT2D eigenvalue weighted by molar-refractivity contribution is 5.78. The van der Waals surface area contributed by atoms with Crippen LogP contribution in [0.5, 0.6) is 0 Å². The molecule has 0 aromatic heterocycles. The number of likely N-dealkylation sites (N-methyl/N-ethyl adjacent to an activating group) is 1. The molecule has 1 saturated heterocycles. The van der Waals surface area contributed by atoms with E-state index in [1.807, 2.05) is 6.92 Å². The molecule has 2 rings (SSSR count). The zero-order chi connectivity index (χ0) is 15.5. The molecular weight excluding hydrogens is 268 g/mol. The normalized spacial score (nSPS) is 28.8. The molecular formula is C16H30N2O3. The largest absolute Gasteiger partial charge is 0.480 e. The van der Waals surface area contributed by atoms with E-state index in [0.717, 1.165) is 45.3 Å². The van der Waals surface area contributed by atoms with Crippen molar-refractivity contribution < 1.29 is 14.6 Å². The highest BCUT2D eigenvalue weighted by Crippen LogP contribution is 2.25. The Balaban J connectivity index is 1.68. The molecule has 0 spiro atoms. The fourth-order valence-electron chi connectivity index (χ4n) is 3.22. The fourth-order valence-corrected chi connectivity index (χ4v) is 3.22. The number of nitrogens with zero attached hydrogens (tertiary/aromatic N) is 1. The molecule has 0 aromatic rings. The van der Waals surface area contributed by atoms with Gasteiger partial charge in [-0.1, -0.05) is 0 Å². The second kappa shape index (κ2) is 7.07. The lowest BCUT2D eigenvalue weighted by atomic mass is 9.94.